The Bertz CT molecular complexity index is 589. The van der Waals surface area contributed by atoms with Crippen LogP contribution in [-0.4, -0.2) is 5.78 Å². The van der Waals surface area contributed by atoms with Crippen molar-refractivity contribution in [1.29, 1.82) is 0 Å². The lowest BCUT2D eigenvalue weighted by Crippen LogP contribution is -2.25. The predicted octanol–water partition coefficient (Wildman–Crippen LogP) is 3.35. The lowest BCUT2D eigenvalue weighted by atomic mass is 9.74. The summed E-state index contributed by atoms with van der Waals surface area (Å²) in [5, 5.41) is 0. The molecule has 0 aliphatic heterocycles. The van der Waals surface area contributed by atoms with Crippen molar-refractivity contribution < 1.29 is 9.18 Å². The lowest BCUT2D eigenvalue weighted by Gasteiger charge is -2.28. The summed E-state index contributed by atoms with van der Waals surface area (Å²) >= 11 is 0. The van der Waals surface area contributed by atoms with Gasteiger partial charge >= 0.3 is 0 Å². The first-order chi connectivity index (χ1) is 8.27. The second-order valence-corrected chi connectivity index (χ2v) is 4.30. The van der Waals surface area contributed by atoms with Crippen LogP contribution in [0, 0.1) is 5.82 Å². The van der Waals surface area contributed by atoms with Crippen LogP contribution in [0.1, 0.15) is 27.4 Å². The van der Waals surface area contributed by atoms with Crippen LogP contribution in [0.5, 0.6) is 0 Å². The number of carbonyl (C=O) groups is 1. The van der Waals surface area contributed by atoms with Crippen LogP contribution in [0.15, 0.2) is 48.5 Å². The van der Waals surface area contributed by atoms with Gasteiger partial charge in [-0.15, -0.1) is 0 Å². The minimum atomic E-state index is -0.429. The molecule has 1 unspecified atom stereocenters. The van der Waals surface area contributed by atoms with Gasteiger partial charge in [0.2, 0.25) is 0 Å². The van der Waals surface area contributed by atoms with Gasteiger partial charge in [0, 0.05) is 0 Å². The van der Waals surface area contributed by atoms with Crippen molar-refractivity contribution in [2.24, 2.45) is 0 Å². The molecule has 0 saturated heterocycles. The quantitative estimate of drug-likeness (QED) is 0.718. The second-order valence-electron chi connectivity index (χ2n) is 4.30. The van der Waals surface area contributed by atoms with E-state index in [9.17, 15) is 9.18 Å². The van der Waals surface area contributed by atoms with Crippen molar-refractivity contribution >= 4 is 5.78 Å². The first-order valence-electron chi connectivity index (χ1n) is 5.64. The third kappa shape index (κ3) is 1.57. The molecule has 2 aromatic carbocycles. The topological polar surface area (TPSA) is 17.1 Å². The normalized spacial score (nSPS) is 17.1. The zero-order chi connectivity index (χ0) is 11.8. The van der Waals surface area contributed by atoms with Crippen molar-refractivity contribution in [2.45, 2.75) is 12.3 Å². The van der Waals surface area contributed by atoms with Gasteiger partial charge < -0.3 is 0 Å². The first kappa shape index (κ1) is 10.2. The number of fused-ring (bicyclic) bond motifs is 1. The van der Waals surface area contributed by atoms with E-state index >= 15 is 0 Å². The van der Waals surface area contributed by atoms with Crippen LogP contribution in [0.3, 0.4) is 0 Å². The van der Waals surface area contributed by atoms with Gasteiger partial charge in [0.1, 0.15) is 5.82 Å². The van der Waals surface area contributed by atoms with Crippen molar-refractivity contribution in [1.82, 2.24) is 0 Å². The molecule has 0 bridgehead atoms. The Labute approximate surface area is 98.9 Å². The Hall–Kier alpha value is -1.96. The molecule has 0 amide bonds. The molecule has 0 spiro atoms. The maximum absolute atomic E-state index is 13.5. The highest BCUT2D eigenvalue weighted by atomic mass is 19.1. The number of rotatable bonds is 2. The predicted molar refractivity (Wildman–Crippen MR) is 63.6 cm³/mol. The average Bonchev–Trinajstić information content (AvgIpc) is 2.31. The van der Waals surface area contributed by atoms with Gasteiger partial charge in [-0.05, 0) is 29.7 Å². The van der Waals surface area contributed by atoms with Gasteiger partial charge in [-0.3, -0.25) is 4.79 Å². The van der Waals surface area contributed by atoms with Gasteiger partial charge in [-0.25, -0.2) is 4.39 Å². The van der Waals surface area contributed by atoms with E-state index in [0.29, 0.717) is 0 Å². The molecule has 2 heteroatoms. The molecule has 1 nitrogen and oxygen atoms in total. The van der Waals surface area contributed by atoms with Crippen molar-refractivity contribution in [3.8, 4) is 0 Å². The third-order valence-electron chi connectivity index (χ3n) is 3.31. The summed E-state index contributed by atoms with van der Waals surface area (Å²) in [5.74, 6) is -0.702. The fourth-order valence-corrected chi connectivity index (χ4v) is 2.34. The van der Waals surface area contributed by atoms with Gasteiger partial charge in [-0.2, -0.15) is 0 Å². The minimum Gasteiger partial charge on any atom is -0.293 e. The standard InChI is InChI=1S/C15H11FO/c16-14-8-4-3-7-12(14)15(17)13-9-10-5-1-2-6-11(10)13/h1-8,13H,9H2. The first-order valence-corrected chi connectivity index (χ1v) is 5.64. The van der Waals surface area contributed by atoms with E-state index in [1.807, 2.05) is 24.3 Å². The summed E-state index contributed by atoms with van der Waals surface area (Å²) in [4.78, 5) is 12.2. The summed E-state index contributed by atoms with van der Waals surface area (Å²) in [6.45, 7) is 0. The lowest BCUT2D eigenvalue weighted by molar-refractivity contribution is 0.0945. The number of ketones is 1. The fraction of sp³-hybridized carbons (Fsp3) is 0.133. The van der Waals surface area contributed by atoms with Crippen LogP contribution in [-0.2, 0) is 6.42 Å². The second kappa shape index (κ2) is 3.81. The average molecular weight is 226 g/mol. The Kier molecular flexibility index (Phi) is 2.29. The maximum Gasteiger partial charge on any atom is 0.173 e. The van der Waals surface area contributed by atoms with E-state index in [4.69, 9.17) is 0 Å². The highest BCUT2D eigenvalue weighted by Gasteiger charge is 2.33. The molecule has 17 heavy (non-hydrogen) atoms. The van der Waals surface area contributed by atoms with Gasteiger partial charge in [0.05, 0.1) is 11.5 Å². The summed E-state index contributed by atoms with van der Waals surface area (Å²) in [6.07, 6.45) is 0.726. The van der Waals surface area contributed by atoms with Crippen LogP contribution in [0.2, 0.25) is 0 Å². The van der Waals surface area contributed by atoms with Crippen LogP contribution in [0.4, 0.5) is 4.39 Å². The SMILES string of the molecule is O=C(c1ccccc1F)C1Cc2ccccc21. The Morgan fingerprint density at radius 3 is 2.53 bits per heavy atom. The summed E-state index contributed by atoms with van der Waals surface area (Å²) in [6, 6.07) is 14.0. The number of halogens is 1. The molecule has 84 valence electrons. The van der Waals surface area contributed by atoms with E-state index in [-0.39, 0.29) is 17.3 Å². The summed E-state index contributed by atoms with van der Waals surface area (Å²) < 4.78 is 13.5. The van der Waals surface area contributed by atoms with Gasteiger partial charge in [-0.1, -0.05) is 36.4 Å². The zero-order valence-corrected chi connectivity index (χ0v) is 9.19. The number of carbonyl (C=O) groups excluding carboxylic acids is 1. The van der Waals surface area contributed by atoms with E-state index < -0.39 is 5.82 Å². The summed E-state index contributed by atoms with van der Waals surface area (Å²) in [7, 11) is 0. The zero-order valence-electron chi connectivity index (χ0n) is 9.19. The highest BCUT2D eigenvalue weighted by molar-refractivity contribution is 6.02. The Morgan fingerprint density at radius 2 is 1.76 bits per heavy atom. The van der Waals surface area contributed by atoms with Gasteiger partial charge in [0.15, 0.2) is 5.78 Å². The number of hydrogen-bond acceptors (Lipinski definition) is 1. The van der Waals surface area contributed by atoms with Gasteiger partial charge in [0.25, 0.3) is 0 Å². The fourth-order valence-electron chi connectivity index (χ4n) is 2.34. The van der Waals surface area contributed by atoms with Crippen molar-refractivity contribution in [3.63, 3.8) is 0 Å². The third-order valence-corrected chi connectivity index (χ3v) is 3.31. The molecule has 0 heterocycles. The molecule has 0 N–H and O–H groups in total. The summed E-state index contributed by atoms with van der Waals surface area (Å²) in [5.41, 5.74) is 2.44. The minimum absolute atomic E-state index is 0.109. The van der Waals surface area contributed by atoms with E-state index in [1.54, 1.807) is 18.2 Å². The van der Waals surface area contributed by atoms with Crippen molar-refractivity contribution in [2.75, 3.05) is 0 Å². The highest BCUT2D eigenvalue weighted by Crippen LogP contribution is 2.37. The van der Waals surface area contributed by atoms with Crippen LogP contribution < -0.4 is 0 Å². The molecule has 1 aliphatic carbocycles. The van der Waals surface area contributed by atoms with Crippen LogP contribution >= 0.6 is 0 Å². The number of hydrogen-bond donors (Lipinski definition) is 0. The molecule has 0 fully saturated rings. The molecule has 0 aromatic heterocycles. The molecule has 2 aromatic rings. The number of benzene rings is 2. The monoisotopic (exact) mass is 226 g/mol. The Morgan fingerprint density at radius 1 is 1.06 bits per heavy atom. The molecule has 1 aliphatic rings. The van der Waals surface area contributed by atoms with E-state index in [1.165, 1.54) is 11.6 Å². The Balaban J connectivity index is 1.94. The molecular formula is C15H11FO. The van der Waals surface area contributed by atoms with E-state index in [2.05, 4.69) is 0 Å². The molecule has 1 atom stereocenters. The van der Waals surface area contributed by atoms with Crippen LogP contribution in [0.25, 0.3) is 0 Å². The van der Waals surface area contributed by atoms with Crippen molar-refractivity contribution in [3.05, 3.63) is 71.0 Å². The molecule has 3 rings (SSSR count). The molecule has 0 saturated carbocycles. The maximum atomic E-state index is 13.5. The smallest absolute Gasteiger partial charge is 0.173 e. The largest absolute Gasteiger partial charge is 0.293 e. The number of Topliss-reactive ketones (excluding diaryl/α,β-unsaturated/α-hetero) is 1. The molecular weight excluding hydrogens is 215 g/mol. The van der Waals surface area contributed by atoms with E-state index in [0.717, 1.165) is 12.0 Å². The molecule has 0 radical (unpaired) electrons.